The number of carbonyl (C=O) groups excluding carboxylic acids is 2. The SMILES string of the molecule is CC(=O)O[C@@H](C)C(=O)NCc1cccc(-c2cccc([C@H]3O[C@@H](Cn4cnc5ccccc54)C[C@@H](c4ccc(CO)cc4)O3)c2)c1. The molecule has 236 valence electrons. The molecule has 0 aliphatic carbocycles. The standard InChI is InChI=1S/C37H37N3O6/c1-24(44-25(2)42)36(43)38-20-27-7-5-8-29(17-27)30-9-6-10-31(18-30)37-45-32(21-40-23-39-33-11-3-4-12-34(33)40)19-35(46-37)28-15-13-26(22-41)14-16-28/h3-18,23-24,32,35,37,41H,19-22H2,1-2H3,(H,38,43)/t24-,32+,35-,37-/m0/s1. The summed E-state index contributed by atoms with van der Waals surface area (Å²) in [5, 5.41) is 12.4. The van der Waals surface area contributed by atoms with Crippen LogP contribution in [0.25, 0.3) is 22.2 Å². The molecule has 6 rings (SSSR count). The van der Waals surface area contributed by atoms with Crippen LogP contribution in [0.4, 0.5) is 0 Å². The van der Waals surface area contributed by atoms with E-state index in [-0.39, 0.29) is 24.7 Å². The van der Waals surface area contributed by atoms with Gasteiger partial charge >= 0.3 is 5.97 Å². The van der Waals surface area contributed by atoms with Crippen molar-refractivity contribution in [3.05, 3.63) is 126 Å². The lowest BCUT2D eigenvalue weighted by atomic mass is 9.98. The van der Waals surface area contributed by atoms with Crippen molar-refractivity contribution in [3.8, 4) is 11.1 Å². The first-order valence-corrected chi connectivity index (χ1v) is 15.4. The molecule has 0 bridgehead atoms. The largest absolute Gasteiger partial charge is 0.453 e. The molecule has 0 radical (unpaired) electrons. The van der Waals surface area contributed by atoms with Crippen LogP contribution in [0.1, 0.15) is 54.9 Å². The third kappa shape index (κ3) is 7.34. The summed E-state index contributed by atoms with van der Waals surface area (Å²) in [6, 6.07) is 32.0. The van der Waals surface area contributed by atoms with Crippen molar-refractivity contribution in [2.45, 2.75) is 64.6 Å². The Bertz CT molecular complexity index is 1820. The summed E-state index contributed by atoms with van der Waals surface area (Å²) < 4.78 is 20.3. The summed E-state index contributed by atoms with van der Waals surface area (Å²) in [5.41, 5.74) is 7.64. The Labute approximate surface area is 267 Å². The number of hydrogen-bond donors (Lipinski definition) is 2. The van der Waals surface area contributed by atoms with Crippen molar-refractivity contribution in [1.29, 1.82) is 0 Å². The van der Waals surface area contributed by atoms with Gasteiger partial charge in [0.25, 0.3) is 5.91 Å². The second kappa shape index (κ2) is 14.1. The smallest absolute Gasteiger partial charge is 0.303 e. The van der Waals surface area contributed by atoms with Crippen molar-refractivity contribution in [3.63, 3.8) is 0 Å². The zero-order valence-electron chi connectivity index (χ0n) is 25.8. The molecule has 9 heteroatoms. The number of nitrogens with zero attached hydrogens (tertiary/aromatic N) is 2. The van der Waals surface area contributed by atoms with Gasteiger partial charge in [0.15, 0.2) is 12.4 Å². The predicted molar refractivity (Wildman–Crippen MR) is 173 cm³/mol. The number of imidazole rings is 1. The van der Waals surface area contributed by atoms with Crippen LogP contribution in [-0.2, 0) is 43.5 Å². The van der Waals surface area contributed by atoms with E-state index in [2.05, 4.69) is 27.0 Å². The van der Waals surface area contributed by atoms with Crippen molar-refractivity contribution in [1.82, 2.24) is 14.9 Å². The molecule has 9 nitrogen and oxygen atoms in total. The first-order chi connectivity index (χ1) is 22.4. The number of ether oxygens (including phenoxy) is 3. The highest BCUT2D eigenvalue weighted by molar-refractivity contribution is 5.83. The molecule has 1 saturated heterocycles. The van der Waals surface area contributed by atoms with Gasteiger partial charge < -0.3 is 29.2 Å². The second-order valence-electron chi connectivity index (χ2n) is 11.5. The number of aromatic nitrogens is 2. The summed E-state index contributed by atoms with van der Waals surface area (Å²) in [6.45, 7) is 3.73. The van der Waals surface area contributed by atoms with Gasteiger partial charge in [0, 0.05) is 25.5 Å². The fourth-order valence-corrected chi connectivity index (χ4v) is 5.77. The minimum absolute atomic E-state index is 0.0123. The van der Waals surface area contributed by atoms with E-state index in [9.17, 15) is 14.7 Å². The summed E-state index contributed by atoms with van der Waals surface area (Å²) >= 11 is 0. The number of aliphatic hydroxyl groups is 1. The Kier molecular flexibility index (Phi) is 9.54. The number of para-hydroxylation sites is 2. The monoisotopic (exact) mass is 619 g/mol. The Morgan fingerprint density at radius 2 is 1.70 bits per heavy atom. The maximum Gasteiger partial charge on any atom is 0.303 e. The number of benzene rings is 4. The van der Waals surface area contributed by atoms with Gasteiger partial charge in [-0.25, -0.2) is 4.98 Å². The lowest BCUT2D eigenvalue weighted by molar-refractivity contribution is -0.252. The highest BCUT2D eigenvalue weighted by Gasteiger charge is 2.33. The van der Waals surface area contributed by atoms with Crippen LogP contribution in [-0.4, -0.2) is 38.7 Å². The Hall–Kier alpha value is -4.83. The summed E-state index contributed by atoms with van der Waals surface area (Å²) in [7, 11) is 0. The van der Waals surface area contributed by atoms with Gasteiger partial charge in [-0.1, -0.05) is 72.8 Å². The average molecular weight is 620 g/mol. The average Bonchev–Trinajstić information content (AvgIpc) is 3.49. The van der Waals surface area contributed by atoms with Crippen LogP contribution in [0.15, 0.2) is 103 Å². The minimum atomic E-state index is -0.861. The van der Waals surface area contributed by atoms with Gasteiger partial charge in [0.05, 0.1) is 42.7 Å². The molecule has 5 aromatic rings. The zero-order chi connectivity index (χ0) is 32.0. The van der Waals surface area contributed by atoms with Gasteiger partial charge in [-0.2, -0.15) is 0 Å². The molecule has 2 N–H and O–H groups in total. The molecule has 0 saturated carbocycles. The lowest BCUT2D eigenvalue weighted by Crippen LogP contribution is -2.35. The zero-order valence-corrected chi connectivity index (χ0v) is 25.8. The normalized spacial score (nSPS) is 18.6. The van der Waals surface area contributed by atoms with Gasteiger partial charge in [-0.05, 0) is 59.0 Å². The Morgan fingerprint density at radius 3 is 2.48 bits per heavy atom. The van der Waals surface area contributed by atoms with Crippen molar-refractivity contribution >= 4 is 22.9 Å². The van der Waals surface area contributed by atoms with E-state index in [0.29, 0.717) is 19.5 Å². The summed E-state index contributed by atoms with van der Waals surface area (Å²) in [5.74, 6) is -0.851. The molecule has 1 fully saturated rings. The van der Waals surface area contributed by atoms with Crippen LogP contribution in [0.2, 0.25) is 0 Å². The van der Waals surface area contributed by atoms with Gasteiger partial charge in [0.1, 0.15) is 0 Å². The number of esters is 1. The maximum atomic E-state index is 12.3. The number of rotatable bonds is 10. The molecule has 0 spiro atoms. The number of nitrogens with one attached hydrogen (secondary N) is 1. The summed E-state index contributed by atoms with van der Waals surface area (Å²) in [6.07, 6.45) is 0.684. The van der Waals surface area contributed by atoms with E-state index in [1.807, 2.05) is 91.3 Å². The third-order valence-electron chi connectivity index (χ3n) is 8.14. The highest BCUT2D eigenvalue weighted by Crippen LogP contribution is 2.39. The molecule has 46 heavy (non-hydrogen) atoms. The molecule has 1 amide bonds. The van der Waals surface area contributed by atoms with E-state index in [1.165, 1.54) is 6.92 Å². The van der Waals surface area contributed by atoms with Crippen LogP contribution < -0.4 is 5.32 Å². The Balaban J connectivity index is 1.23. The van der Waals surface area contributed by atoms with Gasteiger partial charge in [0.2, 0.25) is 0 Å². The molecule has 4 atom stereocenters. The summed E-state index contributed by atoms with van der Waals surface area (Å²) in [4.78, 5) is 28.1. The predicted octanol–water partition coefficient (Wildman–Crippen LogP) is 6.01. The molecular weight excluding hydrogens is 582 g/mol. The van der Waals surface area contributed by atoms with Crippen molar-refractivity contribution in [2.75, 3.05) is 0 Å². The van der Waals surface area contributed by atoms with Crippen LogP contribution in [0.3, 0.4) is 0 Å². The van der Waals surface area contributed by atoms with Gasteiger partial charge in [-0.15, -0.1) is 0 Å². The number of fused-ring (bicyclic) bond motifs is 1. The van der Waals surface area contributed by atoms with E-state index in [0.717, 1.165) is 44.4 Å². The highest BCUT2D eigenvalue weighted by atomic mass is 16.7. The fourth-order valence-electron chi connectivity index (χ4n) is 5.77. The van der Waals surface area contributed by atoms with Crippen LogP contribution in [0, 0.1) is 0 Å². The van der Waals surface area contributed by atoms with Crippen molar-refractivity contribution in [2.24, 2.45) is 0 Å². The topological polar surface area (TPSA) is 112 Å². The van der Waals surface area contributed by atoms with E-state index in [4.69, 9.17) is 14.2 Å². The first-order valence-electron chi connectivity index (χ1n) is 15.4. The second-order valence-corrected chi connectivity index (χ2v) is 11.5. The first kappa shape index (κ1) is 31.2. The molecule has 1 aliphatic heterocycles. The van der Waals surface area contributed by atoms with E-state index >= 15 is 0 Å². The molecule has 1 aromatic heterocycles. The molecule has 1 aliphatic rings. The fraction of sp³-hybridized carbons (Fsp3) is 0.270. The number of amides is 1. The Morgan fingerprint density at radius 1 is 0.935 bits per heavy atom. The molecule has 2 heterocycles. The van der Waals surface area contributed by atoms with Crippen molar-refractivity contribution < 1.29 is 28.9 Å². The van der Waals surface area contributed by atoms with E-state index in [1.54, 1.807) is 6.92 Å². The van der Waals surface area contributed by atoms with Gasteiger partial charge in [-0.3, -0.25) is 9.59 Å². The minimum Gasteiger partial charge on any atom is -0.453 e. The maximum absolute atomic E-state index is 12.3. The van der Waals surface area contributed by atoms with Crippen LogP contribution in [0.5, 0.6) is 0 Å². The number of aliphatic hydroxyl groups excluding tert-OH is 1. The molecule has 4 aromatic carbocycles. The number of hydrogen-bond acceptors (Lipinski definition) is 7. The molecular formula is C37H37N3O6. The third-order valence-corrected chi connectivity index (χ3v) is 8.14. The van der Waals surface area contributed by atoms with E-state index < -0.39 is 18.4 Å². The van der Waals surface area contributed by atoms with Crippen LogP contribution >= 0.6 is 0 Å². The quantitative estimate of drug-likeness (QED) is 0.184. The number of carbonyl (C=O) groups is 2. The lowest BCUT2D eigenvalue weighted by Gasteiger charge is -2.36. The molecule has 0 unspecified atom stereocenters.